The SMILES string of the molecule is Cc1nn(-c2ccc(C(=O)NC3CC=CCC3)cc2)c(C)c1CCC(=O)O. The lowest BCUT2D eigenvalue weighted by molar-refractivity contribution is -0.136. The molecule has 1 atom stereocenters. The summed E-state index contributed by atoms with van der Waals surface area (Å²) in [5.41, 5.74) is 4.21. The zero-order valence-corrected chi connectivity index (χ0v) is 15.7. The molecular weight excluding hydrogens is 342 g/mol. The van der Waals surface area contributed by atoms with E-state index in [1.165, 1.54) is 0 Å². The van der Waals surface area contributed by atoms with Gasteiger partial charge in [0.2, 0.25) is 0 Å². The first-order chi connectivity index (χ1) is 13.0. The molecule has 27 heavy (non-hydrogen) atoms. The Morgan fingerprint density at radius 1 is 1.22 bits per heavy atom. The fourth-order valence-electron chi connectivity index (χ4n) is 3.47. The maximum atomic E-state index is 12.4. The van der Waals surface area contributed by atoms with E-state index in [2.05, 4.69) is 22.6 Å². The van der Waals surface area contributed by atoms with Gasteiger partial charge >= 0.3 is 5.97 Å². The molecule has 0 radical (unpaired) electrons. The number of carbonyl (C=O) groups excluding carboxylic acids is 1. The molecule has 1 amide bonds. The van der Waals surface area contributed by atoms with Crippen molar-refractivity contribution in [1.82, 2.24) is 15.1 Å². The first kappa shape index (κ1) is 18.9. The summed E-state index contributed by atoms with van der Waals surface area (Å²) in [5.74, 6) is -0.872. The van der Waals surface area contributed by atoms with Crippen LogP contribution in [0.1, 0.15) is 53.0 Å². The molecule has 3 rings (SSSR count). The third kappa shape index (κ3) is 4.45. The number of allylic oxidation sites excluding steroid dienone is 1. The van der Waals surface area contributed by atoms with Crippen LogP contribution in [0.5, 0.6) is 0 Å². The second-order valence-corrected chi connectivity index (χ2v) is 6.96. The number of nitrogens with zero attached hydrogens (tertiary/aromatic N) is 2. The average molecular weight is 367 g/mol. The van der Waals surface area contributed by atoms with Crippen LogP contribution in [-0.4, -0.2) is 32.8 Å². The molecule has 1 aromatic carbocycles. The lowest BCUT2D eigenvalue weighted by atomic mass is 10.0. The molecule has 6 heteroatoms. The number of hydrogen-bond acceptors (Lipinski definition) is 3. The predicted octanol–water partition coefficient (Wildman–Crippen LogP) is 3.34. The highest BCUT2D eigenvalue weighted by Gasteiger charge is 2.16. The van der Waals surface area contributed by atoms with Crippen LogP contribution < -0.4 is 5.32 Å². The minimum absolute atomic E-state index is 0.0580. The van der Waals surface area contributed by atoms with Crippen LogP contribution in [0.15, 0.2) is 36.4 Å². The molecule has 0 saturated heterocycles. The number of carbonyl (C=O) groups is 2. The van der Waals surface area contributed by atoms with Gasteiger partial charge in [-0.05, 0) is 69.4 Å². The lowest BCUT2D eigenvalue weighted by Gasteiger charge is -2.19. The number of carboxylic acid groups (broad SMARTS) is 1. The van der Waals surface area contributed by atoms with Crippen molar-refractivity contribution in [3.05, 3.63) is 58.9 Å². The second-order valence-electron chi connectivity index (χ2n) is 6.96. The van der Waals surface area contributed by atoms with Crippen molar-refractivity contribution in [2.24, 2.45) is 0 Å². The van der Waals surface area contributed by atoms with Gasteiger partial charge in [-0.2, -0.15) is 5.10 Å². The van der Waals surface area contributed by atoms with Crippen molar-refractivity contribution < 1.29 is 14.7 Å². The Balaban J connectivity index is 1.73. The number of nitrogens with one attached hydrogen (secondary N) is 1. The Kier molecular flexibility index (Phi) is 5.74. The van der Waals surface area contributed by atoms with E-state index in [1.54, 1.807) is 16.8 Å². The number of carboxylic acids is 1. The molecule has 2 aromatic rings. The van der Waals surface area contributed by atoms with Crippen molar-refractivity contribution in [2.45, 2.75) is 52.0 Å². The van der Waals surface area contributed by atoms with E-state index in [9.17, 15) is 9.59 Å². The lowest BCUT2D eigenvalue weighted by Crippen LogP contribution is -2.35. The number of amides is 1. The van der Waals surface area contributed by atoms with E-state index in [0.29, 0.717) is 12.0 Å². The fourth-order valence-corrected chi connectivity index (χ4v) is 3.47. The van der Waals surface area contributed by atoms with Crippen LogP contribution in [0.25, 0.3) is 5.69 Å². The molecule has 6 nitrogen and oxygen atoms in total. The minimum Gasteiger partial charge on any atom is -0.481 e. The van der Waals surface area contributed by atoms with Crippen molar-refractivity contribution in [3.63, 3.8) is 0 Å². The van der Waals surface area contributed by atoms with Gasteiger partial charge in [-0.1, -0.05) is 12.2 Å². The number of aromatic nitrogens is 2. The zero-order chi connectivity index (χ0) is 19.4. The number of benzene rings is 1. The highest BCUT2D eigenvalue weighted by atomic mass is 16.4. The number of rotatable bonds is 6. The van der Waals surface area contributed by atoms with E-state index in [4.69, 9.17) is 5.11 Å². The van der Waals surface area contributed by atoms with E-state index in [-0.39, 0.29) is 18.4 Å². The Morgan fingerprint density at radius 3 is 2.59 bits per heavy atom. The first-order valence-corrected chi connectivity index (χ1v) is 9.29. The Hall–Kier alpha value is -2.89. The average Bonchev–Trinajstić information content (AvgIpc) is 2.95. The molecule has 0 fully saturated rings. The van der Waals surface area contributed by atoms with Crippen LogP contribution in [0.4, 0.5) is 0 Å². The zero-order valence-electron chi connectivity index (χ0n) is 15.7. The molecule has 1 heterocycles. The fraction of sp³-hybridized carbons (Fsp3) is 0.381. The van der Waals surface area contributed by atoms with Gasteiger partial charge in [0.25, 0.3) is 5.91 Å². The van der Waals surface area contributed by atoms with E-state index < -0.39 is 5.97 Å². The molecule has 142 valence electrons. The molecule has 0 spiro atoms. The third-order valence-electron chi connectivity index (χ3n) is 5.01. The van der Waals surface area contributed by atoms with Gasteiger partial charge in [0.1, 0.15) is 0 Å². The normalized spacial score (nSPS) is 16.3. The summed E-state index contributed by atoms with van der Waals surface area (Å²) >= 11 is 0. The van der Waals surface area contributed by atoms with Gasteiger partial charge in [-0.25, -0.2) is 4.68 Å². The summed E-state index contributed by atoms with van der Waals surface area (Å²) in [7, 11) is 0. The van der Waals surface area contributed by atoms with E-state index >= 15 is 0 Å². The molecule has 1 aliphatic rings. The number of aryl methyl sites for hydroxylation is 1. The summed E-state index contributed by atoms with van der Waals surface area (Å²) in [4.78, 5) is 23.3. The van der Waals surface area contributed by atoms with Gasteiger partial charge in [0.15, 0.2) is 0 Å². The van der Waals surface area contributed by atoms with Gasteiger partial charge in [-0.3, -0.25) is 9.59 Å². The number of aliphatic carboxylic acids is 1. The largest absolute Gasteiger partial charge is 0.481 e. The van der Waals surface area contributed by atoms with Crippen LogP contribution in [-0.2, 0) is 11.2 Å². The first-order valence-electron chi connectivity index (χ1n) is 9.29. The van der Waals surface area contributed by atoms with Gasteiger partial charge in [0.05, 0.1) is 11.4 Å². The Labute approximate surface area is 158 Å². The maximum absolute atomic E-state index is 12.4. The highest BCUT2D eigenvalue weighted by molar-refractivity contribution is 5.94. The summed E-state index contributed by atoms with van der Waals surface area (Å²) in [6.07, 6.45) is 7.68. The van der Waals surface area contributed by atoms with Crippen LogP contribution in [0.2, 0.25) is 0 Å². The third-order valence-corrected chi connectivity index (χ3v) is 5.01. The summed E-state index contributed by atoms with van der Waals surface area (Å²) in [6.45, 7) is 3.83. The van der Waals surface area contributed by atoms with Crippen LogP contribution >= 0.6 is 0 Å². The molecule has 0 saturated carbocycles. The molecular formula is C21H25N3O3. The van der Waals surface area contributed by atoms with E-state index in [1.807, 2.05) is 26.0 Å². The van der Waals surface area contributed by atoms with Gasteiger partial charge < -0.3 is 10.4 Å². The molecule has 1 aliphatic carbocycles. The standard InChI is InChI=1S/C21H25N3O3/c1-14-19(12-13-20(25)26)15(2)24(23-14)18-10-8-16(9-11-18)21(27)22-17-6-4-3-5-7-17/h3-4,8-11,17H,5-7,12-13H2,1-2H3,(H,22,27)(H,25,26). The summed E-state index contributed by atoms with van der Waals surface area (Å²) in [6, 6.07) is 7.55. The van der Waals surface area contributed by atoms with Crippen LogP contribution in [0.3, 0.4) is 0 Å². The maximum Gasteiger partial charge on any atom is 0.303 e. The quantitative estimate of drug-likeness (QED) is 0.767. The van der Waals surface area contributed by atoms with Gasteiger partial charge in [0, 0.05) is 23.7 Å². The molecule has 0 bridgehead atoms. The predicted molar refractivity (Wildman–Crippen MR) is 103 cm³/mol. The van der Waals surface area contributed by atoms with Gasteiger partial charge in [-0.15, -0.1) is 0 Å². The smallest absolute Gasteiger partial charge is 0.303 e. The molecule has 1 aromatic heterocycles. The Morgan fingerprint density at radius 2 is 1.96 bits per heavy atom. The van der Waals surface area contributed by atoms with Crippen molar-refractivity contribution in [1.29, 1.82) is 0 Å². The Bertz CT molecular complexity index is 866. The number of hydrogen-bond donors (Lipinski definition) is 2. The monoisotopic (exact) mass is 367 g/mol. The van der Waals surface area contributed by atoms with E-state index in [0.717, 1.165) is 41.9 Å². The topological polar surface area (TPSA) is 84.2 Å². The summed E-state index contributed by atoms with van der Waals surface area (Å²) < 4.78 is 1.81. The van der Waals surface area contributed by atoms with Crippen molar-refractivity contribution in [2.75, 3.05) is 0 Å². The highest BCUT2D eigenvalue weighted by Crippen LogP contribution is 2.20. The van der Waals surface area contributed by atoms with Crippen molar-refractivity contribution >= 4 is 11.9 Å². The molecule has 1 unspecified atom stereocenters. The minimum atomic E-state index is -0.814. The van der Waals surface area contributed by atoms with Crippen molar-refractivity contribution in [3.8, 4) is 5.69 Å². The molecule has 0 aliphatic heterocycles. The summed E-state index contributed by atoms with van der Waals surface area (Å²) in [5, 5.41) is 16.5. The molecule has 2 N–H and O–H groups in total. The van der Waals surface area contributed by atoms with Crippen LogP contribution in [0, 0.1) is 13.8 Å². The second kappa shape index (κ2) is 8.20.